The Kier molecular flexibility index (Phi) is 3.65. The van der Waals surface area contributed by atoms with Crippen LogP contribution in [0.2, 0.25) is 0 Å². The molecule has 6 heteroatoms. The molecule has 0 radical (unpaired) electrons. The van der Waals surface area contributed by atoms with E-state index in [-0.39, 0.29) is 0 Å². The van der Waals surface area contributed by atoms with Crippen molar-refractivity contribution in [1.82, 2.24) is 25.0 Å². The molecule has 2 aromatic heterocycles. The van der Waals surface area contributed by atoms with Crippen molar-refractivity contribution in [2.75, 3.05) is 7.05 Å². The summed E-state index contributed by atoms with van der Waals surface area (Å²) in [7, 11) is 1.77. The molecule has 0 unspecified atom stereocenters. The molecule has 0 spiro atoms. The van der Waals surface area contributed by atoms with E-state index in [1.165, 1.54) is 0 Å². The minimum Gasteiger partial charge on any atom is -0.345 e. The van der Waals surface area contributed by atoms with Crippen LogP contribution in [0.4, 0.5) is 0 Å². The highest BCUT2D eigenvalue weighted by Gasteiger charge is 2.12. The van der Waals surface area contributed by atoms with Gasteiger partial charge in [-0.15, -0.1) is 5.10 Å². The number of hydrogen-bond donors (Lipinski definition) is 1. The van der Waals surface area contributed by atoms with Crippen LogP contribution in [0.5, 0.6) is 0 Å². The maximum absolute atomic E-state index is 4.37. The Morgan fingerprint density at radius 1 is 1.24 bits per heavy atom. The van der Waals surface area contributed by atoms with E-state index in [9.17, 15) is 0 Å². The second-order valence-corrected chi connectivity index (χ2v) is 6.02. The molecular weight excluding hydrogens is 312 g/mol. The molecule has 4 rings (SSSR count). The number of imidazole rings is 1. The zero-order valence-electron chi connectivity index (χ0n) is 14.4. The Hall–Kier alpha value is -3.28. The summed E-state index contributed by atoms with van der Waals surface area (Å²) in [6.07, 6.45) is 5.50. The fourth-order valence-corrected chi connectivity index (χ4v) is 2.95. The smallest absolute Gasteiger partial charge is 0.116 e. The maximum Gasteiger partial charge on any atom is 0.116 e. The van der Waals surface area contributed by atoms with E-state index >= 15 is 0 Å². The summed E-state index contributed by atoms with van der Waals surface area (Å²) in [6.45, 7) is 4.14. The summed E-state index contributed by atoms with van der Waals surface area (Å²) in [4.78, 5) is 11.4. The largest absolute Gasteiger partial charge is 0.345 e. The van der Waals surface area contributed by atoms with Crippen molar-refractivity contribution in [3.05, 3.63) is 53.9 Å². The lowest BCUT2D eigenvalue weighted by molar-refractivity contribution is 0.824. The van der Waals surface area contributed by atoms with Gasteiger partial charge in [0.15, 0.2) is 0 Å². The minimum atomic E-state index is 0.908. The molecule has 0 saturated carbocycles. The van der Waals surface area contributed by atoms with Gasteiger partial charge >= 0.3 is 0 Å². The quantitative estimate of drug-likeness (QED) is 0.582. The van der Waals surface area contributed by atoms with Gasteiger partial charge in [-0.2, -0.15) is 0 Å². The topological polar surface area (TPSA) is 71.8 Å². The number of aliphatic imine (C=N–C) groups is 1. The first kappa shape index (κ1) is 15.3. The molecule has 1 N–H and O–H groups in total. The van der Waals surface area contributed by atoms with Gasteiger partial charge in [0, 0.05) is 13.3 Å². The van der Waals surface area contributed by atoms with Crippen LogP contribution in [-0.2, 0) is 0 Å². The molecule has 0 fully saturated rings. The van der Waals surface area contributed by atoms with Gasteiger partial charge in [-0.25, -0.2) is 9.67 Å². The van der Waals surface area contributed by atoms with Gasteiger partial charge in [-0.1, -0.05) is 5.21 Å². The summed E-state index contributed by atoms with van der Waals surface area (Å²) in [6, 6.07) is 10.3. The second-order valence-electron chi connectivity index (χ2n) is 6.02. The molecular formula is C19H18N6. The molecule has 0 aliphatic heterocycles. The zero-order chi connectivity index (χ0) is 17.4. The first-order chi connectivity index (χ1) is 12.2. The first-order valence-electron chi connectivity index (χ1n) is 8.06. The number of aromatic nitrogens is 5. The Morgan fingerprint density at radius 3 is 2.96 bits per heavy atom. The van der Waals surface area contributed by atoms with Gasteiger partial charge in [0.25, 0.3) is 0 Å². The molecule has 2 heterocycles. The number of H-pyrrole nitrogens is 1. The number of fused-ring (bicyclic) bond motifs is 2. The monoisotopic (exact) mass is 330 g/mol. The zero-order valence-corrected chi connectivity index (χ0v) is 14.4. The molecule has 25 heavy (non-hydrogen) atoms. The van der Waals surface area contributed by atoms with E-state index in [0.29, 0.717) is 0 Å². The minimum absolute atomic E-state index is 0.908. The van der Waals surface area contributed by atoms with E-state index < -0.39 is 0 Å². The Balaban J connectivity index is 1.91. The lowest BCUT2D eigenvalue weighted by Crippen LogP contribution is -1.97. The molecule has 0 saturated heterocycles. The lowest BCUT2D eigenvalue weighted by atomic mass is 10.0. The van der Waals surface area contributed by atoms with Crippen LogP contribution in [0.3, 0.4) is 0 Å². The fraction of sp³-hybridized carbons (Fsp3) is 0.158. The van der Waals surface area contributed by atoms with E-state index in [1.54, 1.807) is 19.6 Å². The molecule has 0 aliphatic rings. The summed E-state index contributed by atoms with van der Waals surface area (Å²) in [5.41, 5.74) is 8.13. The number of nitrogens with one attached hydrogen (secondary N) is 1. The summed E-state index contributed by atoms with van der Waals surface area (Å²) < 4.78 is 1.87. The first-order valence-corrected chi connectivity index (χ1v) is 8.06. The van der Waals surface area contributed by atoms with Gasteiger partial charge in [0.2, 0.25) is 0 Å². The number of nitrogens with zero attached hydrogens (tertiary/aromatic N) is 5. The fourth-order valence-electron chi connectivity index (χ4n) is 2.95. The van der Waals surface area contributed by atoms with Crippen molar-refractivity contribution in [1.29, 1.82) is 0 Å². The highest BCUT2D eigenvalue weighted by molar-refractivity contribution is 5.89. The summed E-state index contributed by atoms with van der Waals surface area (Å²) >= 11 is 0. The van der Waals surface area contributed by atoms with E-state index in [1.807, 2.05) is 29.0 Å². The molecule has 0 amide bonds. The van der Waals surface area contributed by atoms with Crippen molar-refractivity contribution in [2.24, 2.45) is 4.99 Å². The number of aromatic amines is 1. The average Bonchev–Trinajstić information content (AvgIpc) is 3.25. The SMILES string of the molecule is CN=C/C=C(\C)c1cc(C)c2nnn(-c3ccc4nc[nH]c4c3)c2c1. The molecule has 6 nitrogen and oxygen atoms in total. The third kappa shape index (κ3) is 2.61. The molecule has 0 bridgehead atoms. The van der Waals surface area contributed by atoms with Crippen molar-refractivity contribution < 1.29 is 0 Å². The van der Waals surface area contributed by atoms with Crippen LogP contribution in [0.25, 0.3) is 33.3 Å². The van der Waals surface area contributed by atoms with E-state index in [0.717, 1.165) is 44.5 Å². The van der Waals surface area contributed by atoms with Crippen LogP contribution in [0.15, 0.2) is 47.7 Å². The molecule has 0 atom stereocenters. The van der Waals surface area contributed by atoms with Gasteiger partial charge in [-0.05, 0) is 67.0 Å². The third-order valence-electron chi connectivity index (χ3n) is 4.32. The number of allylic oxidation sites excluding steroid dienone is 2. The summed E-state index contributed by atoms with van der Waals surface area (Å²) in [5.74, 6) is 0. The van der Waals surface area contributed by atoms with Crippen molar-refractivity contribution in [3.8, 4) is 5.69 Å². The number of aryl methyl sites for hydroxylation is 1. The van der Waals surface area contributed by atoms with Gasteiger partial charge < -0.3 is 4.98 Å². The number of rotatable bonds is 3. The average molecular weight is 330 g/mol. The Morgan fingerprint density at radius 2 is 2.12 bits per heavy atom. The van der Waals surface area contributed by atoms with Crippen LogP contribution in [0, 0.1) is 6.92 Å². The number of benzene rings is 2. The van der Waals surface area contributed by atoms with Crippen molar-refractivity contribution >= 4 is 33.9 Å². The van der Waals surface area contributed by atoms with Gasteiger partial charge in [0.05, 0.1) is 28.6 Å². The van der Waals surface area contributed by atoms with E-state index in [2.05, 4.69) is 51.3 Å². The lowest BCUT2D eigenvalue weighted by Gasteiger charge is -2.06. The standard InChI is InChI=1S/C19H18N6/c1-12(6-7-20-3)14-8-13(2)19-18(9-14)25(24-23-19)15-4-5-16-17(10-15)22-11-21-16/h4-11H,1-3H3,(H,21,22)/b12-6+,20-7?. The molecule has 2 aromatic carbocycles. The number of hydrogen-bond acceptors (Lipinski definition) is 4. The molecule has 4 aromatic rings. The Bertz CT molecular complexity index is 1130. The predicted molar refractivity (Wildman–Crippen MR) is 101 cm³/mol. The van der Waals surface area contributed by atoms with Gasteiger partial charge in [-0.3, -0.25) is 4.99 Å². The maximum atomic E-state index is 4.37. The van der Waals surface area contributed by atoms with Crippen molar-refractivity contribution in [2.45, 2.75) is 13.8 Å². The summed E-state index contributed by atoms with van der Waals surface area (Å²) in [5, 5.41) is 8.73. The Labute approximate surface area is 144 Å². The highest BCUT2D eigenvalue weighted by atomic mass is 15.4. The second kappa shape index (κ2) is 5.98. The van der Waals surface area contributed by atoms with Crippen LogP contribution < -0.4 is 0 Å². The van der Waals surface area contributed by atoms with Crippen molar-refractivity contribution in [3.63, 3.8) is 0 Å². The molecule has 0 aliphatic carbocycles. The predicted octanol–water partition coefficient (Wildman–Crippen LogP) is 3.71. The van der Waals surface area contributed by atoms with Crippen LogP contribution in [0.1, 0.15) is 18.1 Å². The molecule has 124 valence electrons. The third-order valence-corrected chi connectivity index (χ3v) is 4.32. The normalized spacial score (nSPS) is 12.7. The van der Waals surface area contributed by atoms with Crippen LogP contribution in [-0.4, -0.2) is 38.2 Å². The van der Waals surface area contributed by atoms with Gasteiger partial charge in [0.1, 0.15) is 5.52 Å². The van der Waals surface area contributed by atoms with Crippen LogP contribution >= 0.6 is 0 Å². The highest BCUT2D eigenvalue weighted by Crippen LogP contribution is 2.25. The van der Waals surface area contributed by atoms with E-state index in [4.69, 9.17) is 0 Å².